The zero-order valence-corrected chi connectivity index (χ0v) is 8.80. The summed E-state index contributed by atoms with van der Waals surface area (Å²) in [6.07, 6.45) is 0. The van der Waals surface area contributed by atoms with Gasteiger partial charge in [0.05, 0.1) is 4.90 Å². The van der Waals surface area contributed by atoms with Crippen molar-refractivity contribution >= 4 is 15.9 Å². The third-order valence-corrected chi connectivity index (χ3v) is 3.23. The van der Waals surface area contributed by atoms with Gasteiger partial charge in [-0.15, -0.1) is 0 Å². The van der Waals surface area contributed by atoms with Gasteiger partial charge in [0, 0.05) is 5.56 Å². The highest BCUT2D eigenvalue weighted by Gasteiger charge is 2.12. The molecule has 7 heteroatoms. The largest absolute Gasteiger partial charge is 0.290 e. The average molecular weight is 229 g/mol. The van der Waals surface area contributed by atoms with Crippen LogP contribution in [0.15, 0.2) is 29.2 Å². The number of benzene rings is 1. The molecule has 0 aliphatic rings. The van der Waals surface area contributed by atoms with E-state index in [1.54, 1.807) is 5.48 Å². The Bertz CT molecular complexity index is 470. The van der Waals surface area contributed by atoms with Crippen molar-refractivity contribution in [2.75, 3.05) is 7.05 Å². The fraction of sp³-hybridized carbons (Fsp3) is 0.125. The second kappa shape index (κ2) is 4.39. The molecule has 4 N–H and O–H groups in total. The summed E-state index contributed by atoms with van der Waals surface area (Å²) < 4.78 is 25.0. The van der Waals surface area contributed by atoms with Crippen LogP contribution in [0.2, 0.25) is 0 Å². The van der Waals surface area contributed by atoms with E-state index < -0.39 is 10.0 Å². The second-order valence-electron chi connectivity index (χ2n) is 2.72. The number of sulfonamides is 1. The summed E-state index contributed by atoms with van der Waals surface area (Å²) in [5, 5.41) is 15.8. The van der Waals surface area contributed by atoms with Crippen molar-refractivity contribution in [3.8, 4) is 0 Å². The molecule has 82 valence electrons. The van der Waals surface area contributed by atoms with Crippen molar-refractivity contribution in [2.45, 2.75) is 4.90 Å². The van der Waals surface area contributed by atoms with Gasteiger partial charge >= 0.3 is 0 Å². The molecule has 0 saturated carbocycles. The molecule has 0 heterocycles. The highest BCUT2D eigenvalue weighted by molar-refractivity contribution is 7.89. The molecule has 0 saturated heterocycles. The maximum atomic E-state index is 11.4. The van der Waals surface area contributed by atoms with Crippen LogP contribution in [-0.2, 0) is 10.0 Å². The van der Waals surface area contributed by atoms with Crippen LogP contribution in [0, 0.1) is 5.41 Å². The number of nitrogens with one attached hydrogen (secondary N) is 3. The van der Waals surface area contributed by atoms with Crippen LogP contribution in [0.1, 0.15) is 5.56 Å². The van der Waals surface area contributed by atoms with Crippen LogP contribution in [0.4, 0.5) is 0 Å². The minimum atomic E-state index is -3.52. The van der Waals surface area contributed by atoms with Gasteiger partial charge in [0.15, 0.2) is 0 Å². The first-order valence-electron chi connectivity index (χ1n) is 4.04. The van der Waals surface area contributed by atoms with Crippen LogP contribution in [0.3, 0.4) is 0 Å². The quantitative estimate of drug-likeness (QED) is 0.330. The first-order chi connectivity index (χ1) is 7.01. The number of hydrogen-bond donors (Lipinski definition) is 4. The predicted octanol–water partition coefficient (Wildman–Crippen LogP) is -0.101. The Balaban J connectivity index is 3.20. The molecule has 0 aliphatic heterocycles. The van der Waals surface area contributed by atoms with Crippen molar-refractivity contribution < 1.29 is 13.6 Å². The van der Waals surface area contributed by atoms with E-state index in [1.165, 1.54) is 31.3 Å². The van der Waals surface area contributed by atoms with Gasteiger partial charge in [-0.05, 0) is 19.2 Å². The summed E-state index contributed by atoms with van der Waals surface area (Å²) in [5.41, 5.74) is 1.93. The van der Waals surface area contributed by atoms with Gasteiger partial charge in [0.1, 0.15) is 5.84 Å². The molecule has 1 aromatic carbocycles. The first kappa shape index (κ1) is 11.6. The number of rotatable bonds is 3. The van der Waals surface area contributed by atoms with Gasteiger partial charge in [-0.3, -0.25) is 16.1 Å². The smallest absolute Gasteiger partial charge is 0.240 e. The summed E-state index contributed by atoms with van der Waals surface area (Å²) in [4.78, 5) is 0.0440. The lowest BCUT2D eigenvalue weighted by Gasteiger charge is -2.05. The van der Waals surface area contributed by atoms with Crippen LogP contribution in [0.5, 0.6) is 0 Å². The highest BCUT2D eigenvalue weighted by atomic mass is 32.2. The number of hydroxylamine groups is 1. The van der Waals surface area contributed by atoms with E-state index in [0.29, 0.717) is 0 Å². The molecule has 0 aromatic heterocycles. The van der Waals surface area contributed by atoms with Crippen molar-refractivity contribution in [2.24, 2.45) is 0 Å². The van der Waals surface area contributed by atoms with Gasteiger partial charge in [-0.25, -0.2) is 13.1 Å². The lowest BCUT2D eigenvalue weighted by atomic mass is 10.2. The molecule has 15 heavy (non-hydrogen) atoms. The Labute approximate surface area is 87.5 Å². The molecule has 0 unspecified atom stereocenters. The normalized spacial score (nSPS) is 11.1. The van der Waals surface area contributed by atoms with Crippen LogP contribution in [0.25, 0.3) is 0 Å². The molecule has 6 nitrogen and oxygen atoms in total. The van der Waals surface area contributed by atoms with Gasteiger partial charge in [-0.1, -0.05) is 12.1 Å². The molecule has 1 rings (SSSR count). The zero-order valence-electron chi connectivity index (χ0n) is 7.98. The maximum Gasteiger partial charge on any atom is 0.240 e. The Morgan fingerprint density at radius 1 is 1.47 bits per heavy atom. The van der Waals surface area contributed by atoms with Crippen LogP contribution < -0.4 is 10.2 Å². The molecule has 0 bridgehead atoms. The van der Waals surface area contributed by atoms with E-state index in [4.69, 9.17) is 10.6 Å². The number of hydrogen-bond acceptors (Lipinski definition) is 4. The summed E-state index contributed by atoms with van der Waals surface area (Å²) in [7, 11) is -2.22. The van der Waals surface area contributed by atoms with Crippen LogP contribution >= 0.6 is 0 Å². The van der Waals surface area contributed by atoms with Gasteiger partial charge in [0.25, 0.3) is 0 Å². The van der Waals surface area contributed by atoms with E-state index in [9.17, 15) is 8.42 Å². The molecule has 0 spiro atoms. The lowest BCUT2D eigenvalue weighted by molar-refractivity contribution is 0.234. The fourth-order valence-corrected chi connectivity index (χ4v) is 1.78. The summed E-state index contributed by atoms with van der Waals surface area (Å²) in [6, 6.07) is 5.70. The predicted molar refractivity (Wildman–Crippen MR) is 54.4 cm³/mol. The van der Waals surface area contributed by atoms with Gasteiger partial charge in [-0.2, -0.15) is 0 Å². The highest BCUT2D eigenvalue weighted by Crippen LogP contribution is 2.10. The van der Waals surface area contributed by atoms with Crippen molar-refractivity contribution in [1.29, 1.82) is 5.41 Å². The standard InChI is InChI=1S/C8H11N3O3S/c1-10-15(13,14)7-4-2-3-6(5-7)8(9)11-12/h2-5,10,12H,1H3,(H2,9,11). The number of amidine groups is 1. The molecular formula is C8H11N3O3S. The third kappa shape index (κ3) is 2.52. The topological polar surface area (TPSA) is 102 Å². The Morgan fingerprint density at radius 3 is 2.67 bits per heavy atom. The monoisotopic (exact) mass is 229 g/mol. The van der Waals surface area contributed by atoms with E-state index in [2.05, 4.69) is 4.72 Å². The van der Waals surface area contributed by atoms with Crippen LogP contribution in [-0.4, -0.2) is 26.5 Å². The molecule has 0 fully saturated rings. The Kier molecular flexibility index (Phi) is 3.40. The van der Waals surface area contributed by atoms with Crippen molar-refractivity contribution in [1.82, 2.24) is 10.2 Å². The van der Waals surface area contributed by atoms with Gasteiger partial charge in [0.2, 0.25) is 10.0 Å². The molecule has 0 radical (unpaired) electrons. The van der Waals surface area contributed by atoms with E-state index in [-0.39, 0.29) is 16.3 Å². The summed E-state index contributed by atoms with van der Waals surface area (Å²) >= 11 is 0. The molecular weight excluding hydrogens is 218 g/mol. The maximum absolute atomic E-state index is 11.4. The molecule has 0 aliphatic carbocycles. The average Bonchev–Trinajstić information content (AvgIpc) is 2.28. The Hall–Kier alpha value is -1.44. The first-order valence-corrected chi connectivity index (χ1v) is 5.52. The minimum Gasteiger partial charge on any atom is -0.290 e. The van der Waals surface area contributed by atoms with E-state index in [1.807, 2.05) is 0 Å². The minimum absolute atomic E-state index is 0.0440. The third-order valence-electron chi connectivity index (χ3n) is 1.81. The zero-order chi connectivity index (χ0) is 11.5. The lowest BCUT2D eigenvalue weighted by Crippen LogP contribution is -2.21. The fourth-order valence-electron chi connectivity index (χ4n) is 1.00. The van der Waals surface area contributed by atoms with Crippen molar-refractivity contribution in [3.63, 3.8) is 0 Å². The molecule has 1 aromatic rings. The van der Waals surface area contributed by atoms with E-state index in [0.717, 1.165) is 0 Å². The summed E-state index contributed by atoms with van der Waals surface area (Å²) in [5.74, 6) is -0.261. The van der Waals surface area contributed by atoms with E-state index >= 15 is 0 Å². The van der Waals surface area contributed by atoms with Gasteiger partial charge < -0.3 is 0 Å². The SMILES string of the molecule is CNS(=O)(=O)c1cccc(C(=N)NO)c1. The van der Waals surface area contributed by atoms with Crippen molar-refractivity contribution in [3.05, 3.63) is 29.8 Å². The molecule has 0 atom stereocenters. The summed E-state index contributed by atoms with van der Waals surface area (Å²) in [6.45, 7) is 0. The Morgan fingerprint density at radius 2 is 2.13 bits per heavy atom. The molecule has 0 amide bonds. The second-order valence-corrected chi connectivity index (χ2v) is 4.61.